The molecule has 0 radical (unpaired) electrons. The molecule has 0 saturated carbocycles. The van der Waals surface area contributed by atoms with E-state index in [4.69, 9.17) is 14.2 Å². The fraction of sp³-hybridized carbons (Fsp3) is 0.314. The normalized spacial score (nSPS) is 19.9. The van der Waals surface area contributed by atoms with Gasteiger partial charge in [-0.1, -0.05) is 18.2 Å². The van der Waals surface area contributed by atoms with E-state index in [1.807, 2.05) is 42.5 Å². The molecule has 8 rings (SSSR count). The monoisotopic (exact) mass is 580 g/mol. The van der Waals surface area contributed by atoms with Crippen molar-refractivity contribution in [2.45, 2.75) is 37.8 Å². The summed E-state index contributed by atoms with van der Waals surface area (Å²) in [7, 11) is 5.70. The first-order valence-corrected chi connectivity index (χ1v) is 14.7. The van der Waals surface area contributed by atoms with Crippen molar-refractivity contribution in [3.8, 4) is 46.0 Å². The predicted octanol–water partition coefficient (Wildman–Crippen LogP) is 6.25. The number of ether oxygens (including phenoxy) is 3. The SMILES string of the molecule is COc1cc2c3c(c1O)Oc1cc4c(cc1O)CCN(C)[C@H]4Cc1ccc(cc1)Oc1cc(ccc1O)C[C@@H]3N(C)CC2. The molecule has 0 aromatic heterocycles. The van der Waals surface area contributed by atoms with Crippen molar-refractivity contribution in [2.24, 2.45) is 0 Å². The van der Waals surface area contributed by atoms with Crippen molar-refractivity contribution in [3.63, 3.8) is 0 Å². The van der Waals surface area contributed by atoms with Crippen LogP contribution in [0.1, 0.15) is 45.5 Å². The van der Waals surface area contributed by atoms with Gasteiger partial charge in [-0.05, 0) is 110 Å². The molecule has 0 spiro atoms. The summed E-state index contributed by atoms with van der Waals surface area (Å²) in [6, 6.07) is 18.9. The topological polar surface area (TPSA) is 94.9 Å². The van der Waals surface area contributed by atoms with Crippen molar-refractivity contribution < 1.29 is 29.5 Å². The third kappa shape index (κ3) is 4.90. The van der Waals surface area contributed by atoms with Gasteiger partial charge in [-0.3, -0.25) is 9.80 Å². The molecule has 0 aliphatic carbocycles. The Morgan fingerprint density at radius 3 is 2.16 bits per heavy atom. The second-order valence-electron chi connectivity index (χ2n) is 11.9. The number of aromatic hydroxyl groups is 3. The predicted molar refractivity (Wildman–Crippen MR) is 163 cm³/mol. The van der Waals surface area contributed by atoms with Gasteiger partial charge in [-0.25, -0.2) is 0 Å². The van der Waals surface area contributed by atoms with Crippen molar-refractivity contribution in [1.29, 1.82) is 0 Å². The molecule has 4 aromatic rings. The van der Waals surface area contributed by atoms with Gasteiger partial charge in [-0.2, -0.15) is 0 Å². The molecule has 0 amide bonds. The lowest BCUT2D eigenvalue weighted by Crippen LogP contribution is -2.34. The molecular weight excluding hydrogens is 544 g/mol. The van der Waals surface area contributed by atoms with Crippen LogP contribution >= 0.6 is 0 Å². The van der Waals surface area contributed by atoms with Crippen LogP contribution in [-0.2, 0) is 25.7 Å². The Kier molecular flexibility index (Phi) is 6.83. The van der Waals surface area contributed by atoms with Gasteiger partial charge in [0, 0.05) is 30.7 Å². The quantitative estimate of drug-likeness (QED) is 0.243. The summed E-state index contributed by atoms with van der Waals surface area (Å²) < 4.78 is 18.3. The molecule has 3 N–H and O–H groups in total. The molecule has 8 nitrogen and oxygen atoms in total. The highest BCUT2D eigenvalue weighted by molar-refractivity contribution is 5.63. The number of likely N-dealkylation sites (N-methyl/N-ethyl adjacent to an activating group) is 2. The fourth-order valence-electron chi connectivity index (χ4n) is 6.79. The van der Waals surface area contributed by atoms with Gasteiger partial charge in [0.2, 0.25) is 5.75 Å². The summed E-state index contributed by atoms with van der Waals surface area (Å²) in [6.07, 6.45) is 2.89. The standard InChI is InChI=1S/C35H36N2O6/c1-36-12-10-22-17-29(39)31-19-25(22)26(36)14-20-4-7-24(8-5-20)42-30-16-21(6-9-28(30)38)15-27-33-23(11-13-37(27)2)18-32(41-3)34(40)35(33)43-31/h4-9,16-19,26-27,38-40H,10-15H2,1-3H3/t26-,27-/m0/s1. The van der Waals surface area contributed by atoms with Gasteiger partial charge in [0.05, 0.1) is 7.11 Å². The van der Waals surface area contributed by atoms with E-state index in [0.717, 1.165) is 65.7 Å². The maximum atomic E-state index is 11.5. The molecule has 222 valence electrons. The molecule has 4 aliphatic heterocycles. The van der Waals surface area contributed by atoms with Gasteiger partial charge in [0.25, 0.3) is 0 Å². The van der Waals surface area contributed by atoms with Crippen molar-refractivity contribution in [2.75, 3.05) is 34.3 Å². The van der Waals surface area contributed by atoms with E-state index in [2.05, 4.69) is 36.0 Å². The van der Waals surface area contributed by atoms with Crippen molar-refractivity contribution in [3.05, 3.63) is 94.0 Å². The maximum absolute atomic E-state index is 11.5. The largest absolute Gasteiger partial charge is 0.504 e. The van der Waals surface area contributed by atoms with Crippen LogP contribution in [0.4, 0.5) is 0 Å². The summed E-state index contributed by atoms with van der Waals surface area (Å²) in [4.78, 5) is 4.56. The molecule has 4 aromatic carbocycles. The lowest BCUT2D eigenvalue weighted by molar-refractivity contribution is 0.220. The summed E-state index contributed by atoms with van der Waals surface area (Å²) in [5, 5.41) is 33.4. The highest BCUT2D eigenvalue weighted by atomic mass is 16.5. The number of hydrogen-bond donors (Lipinski definition) is 3. The molecule has 6 bridgehead atoms. The molecule has 4 aliphatic rings. The van der Waals surface area contributed by atoms with E-state index in [1.54, 1.807) is 6.07 Å². The minimum absolute atomic E-state index is 0.0396. The fourth-order valence-corrected chi connectivity index (χ4v) is 6.79. The average molecular weight is 581 g/mol. The Hall–Kier alpha value is -4.40. The summed E-state index contributed by atoms with van der Waals surface area (Å²) >= 11 is 0. The number of methoxy groups -OCH3 is 1. The van der Waals surface area contributed by atoms with E-state index in [9.17, 15) is 15.3 Å². The molecule has 0 unspecified atom stereocenters. The first-order valence-electron chi connectivity index (χ1n) is 14.7. The minimum Gasteiger partial charge on any atom is -0.504 e. The molecule has 8 heteroatoms. The van der Waals surface area contributed by atoms with E-state index < -0.39 is 0 Å². The van der Waals surface area contributed by atoms with Crippen LogP contribution in [0, 0.1) is 0 Å². The Morgan fingerprint density at radius 2 is 1.40 bits per heavy atom. The molecule has 4 heterocycles. The summed E-state index contributed by atoms with van der Waals surface area (Å²) in [6.45, 7) is 1.67. The Morgan fingerprint density at radius 1 is 0.721 bits per heavy atom. The number of nitrogens with zero attached hydrogens (tertiary/aromatic N) is 2. The zero-order chi connectivity index (χ0) is 29.8. The average Bonchev–Trinajstić information content (AvgIpc) is 3.00. The Labute approximate surface area is 251 Å². The summed E-state index contributed by atoms with van der Waals surface area (Å²) in [5.41, 5.74) is 6.14. The van der Waals surface area contributed by atoms with Gasteiger partial charge in [-0.15, -0.1) is 0 Å². The van der Waals surface area contributed by atoms with Crippen LogP contribution in [0.25, 0.3) is 0 Å². The van der Waals surface area contributed by atoms with Crippen LogP contribution in [0.3, 0.4) is 0 Å². The van der Waals surface area contributed by atoms with Gasteiger partial charge < -0.3 is 29.5 Å². The highest BCUT2D eigenvalue weighted by Crippen LogP contribution is 2.51. The van der Waals surface area contributed by atoms with Crippen molar-refractivity contribution >= 4 is 0 Å². The molecule has 43 heavy (non-hydrogen) atoms. The smallest absolute Gasteiger partial charge is 0.201 e. The molecular formula is C35H36N2O6. The van der Waals surface area contributed by atoms with Gasteiger partial charge in [0.1, 0.15) is 5.75 Å². The zero-order valence-corrected chi connectivity index (χ0v) is 24.6. The summed E-state index contributed by atoms with van der Waals surface area (Å²) in [5.74, 6) is 1.95. The molecule has 0 fully saturated rings. The highest BCUT2D eigenvalue weighted by Gasteiger charge is 2.34. The van der Waals surface area contributed by atoms with Gasteiger partial charge in [0.15, 0.2) is 34.5 Å². The van der Waals surface area contributed by atoms with Crippen molar-refractivity contribution in [1.82, 2.24) is 9.80 Å². The number of hydrogen-bond acceptors (Lipinski definition) is 8. The minimum atomic E-state index is -0.162. The van der Waals surface area contributed by atoms with E-state index in [1.165, 1.54) is 7.11 Å². The number of fused-ring (bicyclic) bond motifs is 2. The maximum Gasteiger partial charge on any atom is 0.201 e. The van der Waals surface area contributed by atoms with Crippen LogP contribution in [0.5, 0.6) is 46.0 Å². The van der Waals surface area contributed by atoms with E-state index >= 15 is 0 Å². The van der Waals surface area contributed by atoms with Crippen LogP contribution < -0.4 is 14.2 Å². The lowest BCUT2D eigenvalue weighted by atomic mass is 9.87. The second-order valence-corrected chi connectivity index (χ2v) is 11.9. The first kappa shape index (κ1) is 27.4. The Balaban J connectivity index is 1.44. The third-order valence-corrected chi connectivity index (χ3v) is 9.25. The van der Waals surface area contributed by atoms with E-state index in [-0.39, 0.29) is 35.1 Å². The van der Waals surface area contributed by atoms with Crippen LogP contribution in [-0.4, -0.2) is 59.4 Å². The third-order valence-electron chi connectivity index (χ3n) is 9.25. The van der Waals surface area contributed by atoms with Gasteiger partial charge >= 0.3 is 0 Å². The first-order chi connectivity index (χ1) is 20.8. The molecule has 0 saturated heterocycles. The number of rotatable bonds is 1. The zero-order valence-electron chi connectivity index (χ0n) is 24.6. The Bertz CT molecular complexity index is 1700. The lowest BCUT2D eigenvalue weighted by Gasteiger charge is -2.37. The van der Waals surface area contributed by atoms with E-state index in [0.29, 0.717) is 29.4 Å². The number of phenols is 3. The number of phenolic OH excluding ortho intramolecular Hbond substituents is 3. The second kappa shape index (κ2) is 10.7. The number of benzene rings is 4. The molecule has 2 atom stereocenters. The van der Waals surface area contributed by atoms with Crippen LogP contribution in [0.2, 0.25) is 0 Å². The van der Waals surface area contributed by atoms with Crippen LogP contribution in [0.15, 0.2) is 60.7 Å².